The Morgan fingerprint density at radius 2 is 1.75 bits per heavy atom. The van der Waals surface area contributed by atoms with Crippen LogP contribution in [0.3, 0.4) is 0 Å². The third kappa shape index (κ3) is 17.3. The van der Waals surface area contributed by atoms with Gasteiger partial charge in [0.15, 0.2) is 0 Å². The molecule has 0 aliphatic rings. The number of allylic oxidation sites excluding steroid dienone is 1. The maximum absolute atomic E-state index is 5.32. The van der Waals surface area contributed by atoms with E-state index in [4.69, 9.17) is 5.73 Å². The van der Waals surface area contributed by atoms with E-state index >= 15 is 0 Å². The first-order valence-electron chi connectivity index (χ1n) is 3.15. The van der Waals surface area contributed by atoms with Gasteiger partial charge in [0.2, 0.25) is 0 Å². The molecule has 0 spiro atoms. The average molecular weight is 115 g/mol. The van der Waals surface area contributed by atoms with E-state index in [1.54, 1.807) is 0 Å². The summed E-state index contributed by atoms with van der Waals surface area (Å²) < 4.78 is 0. The molecule has 0 aliphatic heterocycles. The molecule has 0 aliphatic carbocycles. The molecule has 0 aromatic heterocycles. The minimum atomic E-state index is 0.218. The highest BCUT2D eigenvalue weighted by atomic mass is 14.6. The van der Waals surface area contributed by atoms with E-state index in [1.165, 1.54) is 0 Å². The summed E-state index contributed by atoms with van der Waals surface area (Å²) in [4.78, 5) is 0. The molecule has 0 saturated heterocycles. The summed E-state index contributed by atoms with van der Waals surface area (Å²) in [5.74, 6) is 0. The van der Waals surface area contributed by atoms with Gasteiger partial charge in [-0.15, -0.1) is 0 Å². The standard InChI is InChI=1S/C5H11N.C2H6/c1-3-4-5(2)6;1-2/h3-5H,6H2,1-2H3;1-2H3/b4-3-;. The predicted molar refractivity (Wildman–Crippen MR) is 39.8 cm³/mol. The van der Waals surface area contributed by atoms with Crippen molar-refractivity contribution in [3.63, 3.8) is 0 Å². The fourth-order valence-electron chi connectivity index (χ4n) is 0.304. The van der Waals surface area contributed by atoms with E-state index in [0.29, 0.717) is 0 Å². The summed E-state index contributed by atoms with van der Waals surface area (Å²) in [5.41, 5.74) is 5.32. The van der Waals surface area contributed by atoms with Crippen LogP contribution >= 0.6 is 0 Å². The Morgan fingerprint density at radius 1 is 1.38 bits per heavy atom. The third-order valence-corrected chi connectivity index (χ3v) is 0.496. The Morgan fingerprint density at radius 3 is 1.75 bits per heavy atom. The van der Waals surface area contributed by atoms with Gasteiger partial charge in [0.05, 0.1) is 0 Å². The normalized spacial score (nSPS) is 12.6. The van der Waals surface area contributed by atoms with Crippen LogP contribution in [0.5, 0.6) is 0 Å². The fourth-order valence-corrected chi connectivity index (χ4v) is 0.304. The lowest BCUT2D eigenvalue weighted by Gasteiger charge is -1.88. The zero-order chi connectivity index (χ0) is 6.99. The van der Waals surface area contributed by atoms with Crippen molar-refractivity contribution in [1.82, 2.24) is 0 Å². The molecule has 0 aromatic carbocycles. The van der Waals surface area contributed by atoms with Crippen LogP contribution < -0.4 is 5.73 Å². The molecule has 0 rings (SSSR count). The molecule has 1 atom stereocenters. The maximum atomic E-state index is 5.32. The average Bonchev–Trinajstić information content (AvgIpc) is 1.72. The van der Waals surface area contributed by atoms with Crippen LogP contribution in [-0.4, -0.2) is 6.04 Å². The molecule has 50 valence electrons. The van der Waals surface area contributed by atoms with Crippen LogP contribution in [0.1, 0.15) is 27.7 Å². The molecule has 0 radical (unpaired) electrons. The van der Waals surface area contributed by atoms with Gasteiger partial charge in [-0.05, 0) is 13.8 Å². The van der Waals surface area contributed by atoms with Gasteiger partial charge < -0.3 is 5.73 Å². The van der Waals surface area contributed by atoms with Crippen molar-refractivity contribution in [3.05, 3.63) is 12.2 Å². The number of nitrogens with two attached hydrogens (primary N) is 1. The van der Waals surface area contributed by atoms with Crippen LogP contribution in [0.15, 0.2) is 12.2 Å². The van der Waals surface area contributed by atoms with Gasteiger partial charge in [-0.2, -0.15) is 0 Å². The predicted octanol–water partition coefficient (Wildman–Crippen LogP) is 1.94. The number of rotatable bonds is 1. The molecular weight excluding hydrogens is 98.1 g/mol. The molecule has 0 bridgehead atoms. The van der Waals surface area contributed by atoms with Crippen LogP contribution in [0.25, 0.3) is 0 Å². The summed E-state index contributed by atoms with van der Waals surface area (Å²) in [5, 5.41) is 0. The van der Waals surface area contributed by atoms with Gasteiger partial charge in [0, 0.05) is 6.04 Å². The Balaban J connectivity index is 0. The van der Waals surface area contributed by atoms with Gasteiger partial charge in [0.25, 0.3) is 0 Å². The van der Waals surface area contributed by atoms with Crippen LogP contribution in [0.2, 0.25) is 0 Å². The summed E-state index contributed by atoms with van der Waals surface area (Å²) >= 11 is 0. The lowest BCUT2D eigenvalue weighted by atomic mass is 10.3. The molecule has 0 amide bonds. The minimum absolute atomic E-state index is 0.218. The lowest BCUT2D eigenvalue weighted by molar-refractivity contribution is 0.924. The quantitative estimate of drug-likeness (QED) is 0.519. The highest BCUT2D eigenvalue weighted by molar-refractivity contribution is 4.84. The van der Waals surface area contributed by atoms with Gasteiger partial charge in [-0.1, -0.05) is 26.0 Å². The van der Waals surface area contributed by atoms with Gasteiger partial charge in [-0.3, -0.25) is 0 Å². The fraction of sp³-hybridized carbons (Fsp3) is 0.714. The van der Waals surface area contributed by atoms with Gasteiger partial charge in [-0.25, -0.2) is 0 Å². The molecule has 1 heteroatoms. The zero-order valence-electron chi connectivity index (χ0n) is 6.31. The molecule has 0 aromatic rings. The van der Waals surface area contributed by atoms with Gasteiger partial charge in [0.1, 0.15) is 0 Å². The SMILES string of the molecule is C/C=C\C(C)N.CC. The second-order valence-electron chi connectivity index (χ2n) is 1.38. The topological polar surface area (TPSA) is 26.0 Å². The Labute approximate surface area is 52.6 Å². The second-order valence-corrected chi connectivity index (χ2v) is 1.38. The van der Waals surface area contributed by atoms with Crippen molar-refractivity contribution < 1.29 is 0 Å². The maximum Gasteiger partial charge on any atom is 0.0194 e. The van der Waals surface area contributed by atoms with E-state index in [0.717, 1.165) is 0 Å². The first-order chi connectivity index (χ1) is 3.77. The summed E-state index contributed by atoms with van der Waals surface area (Å²) in [6.07, 6.45) is 3.89. The monoisotopic (exact) mass is 115 g/mol. The first-order valence-corrected chi connectivity index (χ1v) is 3.15. The van der Waals surface area contributed by atoms with Gasteiger partial charge >= 0.3 is 0 Å². The van der Waals surface area contributed by atoms with E-state index in [1.807, 2.05) is 39.8 Å². The Bertz CT molecular complexity index is 46.3. The molecule has 0 heterocycles. The smallest absolute Gasteiger partial charge is 0.0194 e. The molecule has 1 nitrogen and oxygen atoms in total. The first kappa shape index (κ1) is 10.6. The molecule has 0 fully saturated rings. The zero-order valence-corrected chi connectivity index (χ0v) is 6.31. The van der Waals surface area contributed by atoms with Crippen LogP contribution in [0.4, 0.5) is 0 Å². The lowest BCUT2D eigenvalue weighted by Crippen LogP contribution is -2.09. The summed E-state index contributed by atoms with van der Waals surface area (Å²) in [6.45, 7) is 7.91. The second kappa shape index (κ2) is 9.85. The largest absolute Gasteiger partial charge is 0.325 e. The highest BCUT2D eigenvalue weighted by Gasteiger charge is 1.75. The number of hydrogen-bond donors (Lipinski definition) is 1. The molecule has 0 saturated carbocycles. The van der Waals surface area contributed by atoms with E-state index in [-0.39, 0.29) is 6.04 Å². The van der Waals surface area contributed by atoms with Crippen molar-refractivity contribution in [3.8, 4) is 0 Å². The van der Waals surface area contributed by atoms with Crippen LogP contribution in [-0.2, 0) is 0 Å². The van der Waals surface area contributed by atoms with E-state index in [2.05, 4.69) is 0 Å². The summed E-state index contributed by atoms with van der Waals surface area (Å²) in [7, 11) is 0. The van der Waals surface area contributed by atoms with Crippen molar-refractivity contribution in [2.45, 2.75) is 33.7 Å². The number of hydrogen-bond acceptors (Lipinski definition) is 1. The molecule has 2 N–H and O–H groups in total. The molecule has 1 unspecified atom stereocenters. The summed E-state index contributed by atoms with van der Waals surface area (Å²) in [6, 6.07) is 0.218. The molecule has 8 heavy (non-hydrogen) atoms. The van der Waals surface area contributed by atoms with E-state index < -0.39 is 0 Å². The van der Waals surface area contributed by atoms with Crippen molar-refractivity contribution in [2.24, 2.45) is 5.73 Å². The van der Waals surface area contributed by atoms with Crippen molar-refractivity contribution >= 4 is 0 Å². The van der Waals surface area contributed by atoms with E-state index in [9.17, 15) is 0 Å². The Hall–Kier alpha value is -0.300. The highest BCUT2D eigenvalue weighted by Crippen LogP contribution is 1.74. The molecular formula is C7H17N. The minimum Gasteiger partial charge on any atom is -0.325 e. The Kier molecular flexibility index (Phi) is 13.1. The van der Waals surface area contributed by atoms with Crippen molar-refractivity contribution in [2.75, 3.05) is 0 Å². The van der Waals surface area contributed by atoms with Crippen LogP contribution in [0, 0.1) is 0 Å². The third-order valence-electron chi connectivity index (χ3n) is 0.496. The van der Waals surface area contributed by atoms with Crippen molar-refractivity contribution in [1.29, 1.82) is 0 Å².